The molecule has 2 heterocycles. The minimum Gasteiger partial charge on any atom is -0.461 e. The first-order valence-corrected chi connectivity index (χ1v) is 11.8. The number of carbonyl (C=O) groups excluding carboxylic acids is 1. The second kappa shape index (κ2) is 9.64. The molecule has 0 aliphatic rings. The Balaban J connectivity index is 1.68. The quantitative estimate of drug-likeness (QED) is 0.250. The standard InChI is InChI=1S/C22H19ClN4O2S2/c1-3-29-21(28)17-12-30-19(24-17)13-31-22-26-25-20(15-9-5-6-10-16(15)23)27(22)18-11-7-4-8-14(18)2/h4-12H,3,13H2,1-2H3. The summed E-state index contributed by atoms with van der Waals surface area (Å²) in [5.74, 6) is 0.823. The number of halogens is 1. The van der Waals surface area contributed by atoms with Crippen LogP contribution >= 0.6 is 34.7 Å². The predicted octanol–water partition coefficient (Wildman–Crippen LogP) is 5.82. The average molecular weight is 471 g/mol. The van der Waals surface area contributed by atoms with Crippen molar-refractivity contribution in [3.63, 3.8) is 0 Å². The number of benzene rings is 2. The van der Waals surface area contributed by atoms with Gasteiger partial charge in [-0.15, -0.1) is 21.5 Å². The number of thiazole rings is 1. The molecule has 9 heteroatoms. The summed E-state index contributed by atoms with van der Waals surface area (Å²) in [5.41, 5.74) is 3.22. The molecule has 0 unspecified atom stereocenters. The number of rotatable bonds is 7. The van der Waals surface area contributed by atoms with E-state index in [4.69, 9.17) is 16.3 Å². The lowest BCUT2D eigenvalue weighted by atomic mass is 10.1. The lowest BCUT2D eigenvalue weighted by Gasteiger charge is -2.13. The molecule has 0 saturated carbocycles. The van der Waals surface area contributed by atoms with Crippen molar-refractivity contribution < 1.29 is 9.53 Å². The Hall–Kier alpha value is -2.68. The number of thioether (sulfide) groups is 1. The van der Waals surface area contributed by atoms with E-state index in [9.17, 15) is 4.79 Å². The fourth-order valence-electron chi connectivity index (χ4n) is 3.01. The Labute approximate surface area is 193 Å². The Morgan fingerprint density at radius 1 is 1.16 bits per heavy atom. The molecule has 0 fully saturated rings. The zero-order chi connectivity index (χ0) is 21.8. The molecule has 2 aromatic heterocycles. The summed E-state index contributed by atoms with van der Waals surface area (Å²) in [5, 5.41) is 12.8. The number of ether oxygens (including phenoxy) is 1. The molecule has 0 atom stereocenters. The smallest absolute Gasteiger partial charge is 0.357 e. The third-order valence-corrected chi connectivity index (χ3v) is 6.77. The Kier molecular flexibility index (Phi) is 6.70. The van der Waals surface area contributed by atoms with E-state index < -0.39 is 5.97 Å². The summed E-state index contributed by atoms with van der Waals surface area (Å²) in [7, 11) is 0. The summed E-state index contributed by atoms with van der Waals surface area (Å²) in [4.78, 5) is 16.3. The first kappa shape index (κ1) is 21.5. The Morgan fingerprint density at radius 2 is 1.94 bits per heavy atom. The Morgan fingerprint density at radius 3 is 2.71 bits per heavy atom. The molecule has 158 valence electrons. The monoisotopic (exact) mass is 470 g/mol. The maximum atomic E-state index is 11.9. The van der Waals surface area contributed by atoms with E-state index in [1.807, 2.05) is 60.0 Å². The average Bonchev–Trinajstić information content (AvgIpc) is 3.40. The van der Waals surface area contributed by atoms with Crippen LogP contribution in [-0.4, -0.2) is 32.3 Å². The zero-order valence-corrected chi connectivity index (χ0v) is 19.3. The first-order chi connectivity index (χ1) is 15.1. The lowest BCUT2D eigenvalue weighted by molar-refractivity contribution is 0.0520. The molecule has 0 saturated heterocycles. The number of nitrogens with zero attached hydrogens (tertiary/aromatic N) is 4. The van der Waals surface area contributed by atoms with Gasteiger partial charge in [-0.05, 0) is 37.6 Å². The van der Waals surface area contributed by atoms with Gasteiger partial charge in [0.2, 0.25) is 0 Å². The normalized spacial score (nSPS) is 10.9. The van der Waals surface area contributed by atoms with E-state index in [-0.39, 0.29) is 0 Å². The van der Waals surface area contributed by atoms with Crippen LogP contribution < -0.4 is 0 Å². The topological polar surface area (TPSA) is 69.9 Å². The first-order valence-electron chi connectivity index (χ1n) is 9.59. The summed E-state index contributed by atoms with van der Waals surface area (Å²) >= 11 is 9.39. The fraction of sp³-hybridized carbons (Fsp3) is 0.182. The maximum Gasteiger partial charge on any atom is 0.357 e. The predicted molar refractivity (Wildman–Crippen MR) is 124 cm³/mol. The number of aromatic nitrogens is 4. The molecule has 4 rings (SSSR count). The molecule has 31 heavy (non-hydrogen) atoms. The van der Waals surface area contributed by atoms with Crippen molar-refractivity contribution in [1.29, 1.82) is 0 Å². The van der Waals surface area contributed by atoms with Gasteiger partial charge in [0, 0.05) is 10.9 Å². The molecule has 0 bridgehead atoms. The van der Waals surface area contributed by atoms with Gasteiger partial charge in [-0.3, -0.25) is 4.57 Å². The van der Waals surface area contributed by atoms with Gasteiger partial charge in [0.15, 0.2) is 16.7 Å². The molecule has 0 aliphatic heterocycles. The van der Waals surface area contributed by atoms with Crippen LogP contribution in [0.3, 0.4) is 0 Å². The van der Waals surface area contributed by atoms with Crippen molar-refractivity contribution in [1.82, 2.24) is 19.7 Å². The van der Waals surface area contributed by atoms with Crippen molar-refractivity contribution in [2.75, 3.05) is 6.61 Å². The van der Waals surface area contributed by atoms with Crippen LogP contribution in [0.15, 0.2) is 59.1 Å². The molecular formula is C22H19ClN4O2S2. The SMILES string of the molecule is CCOC(=O)c1csc(CSc2nnc(-c3ccccc3Cl)n2-c2ccccc2C)n1. The van der Waals surface area contributed by atoms with Crippen molar-refractivity contribution in [2.45, 2.75) is 24.8 Å². The van der Waals surface area contributed by atoms with Gasteiger partial charge >= 0.3 is 5.97 Å². The van der Waals surface area contributed by atoms with Gasteiger partial charge < -0.3 is 4.74 Å². The third-order valence-electron chi connectivity index (χ3n) is 4.47. The highest BCUT2D eigenvalue weighted by atomic mass is 35.5. The molecule has 0 radical (unpaired) electrons. The van der Waals surface area contributed by atoms with Crippen molar-refractivity contribution >= 4 is 40.7 Å². The van der Waals surface area contributed by atoms with Crippen molar-refractivity contribution in [2.24, 2.45) is 0 Å². The van der Waals surface area contributed by atoms with E-state index >= 15 is 0 Å². The van der Waals surface area contributed by atoms with Gasteiger partial charge in [-0.1, -0.05) is 53.7 Å². The van der Waals surface area contributed by atoms with Gasteiger partial charge in [-0.25, -0.2) is 9.78 Å². The number of hydrogen-bond acceptors (Lipinski definition) is 7. The maximum absolute atomic E-state index is 11.9. The highest BCUT2D eigenvalue weighted by Crippen LogP contribution is 2.34. The van der Waals surface area contributed by atoms with Crippen LogP contribution in [0.2, 0.25) is 5.02 Å². The molecule has 0 N–H and O–H groups in total. The van der Waals surface area contributed by atoms with E-state index in [1.54, 1.807) is 12.3 Å². The van der Waals surface area contributed by atoms with E-state index in [0.717, 1.165) is 27.0 Å². The van der Waals surface area contributed by atoms with Crippen LogP contribution in [0, 0.1) is 6.92 Å². The molecule has 0 aliphatic carbocycles. The second-order valence-corrected chi connectivity index (χ2v) is 8.84. The number of esters is 1. The van der Waals surface area contributed by atoms with Crippen molar-refractivity contribution in [3.05, 3.63) is 75.2 Å². The zero-order valence-electron chi connectivity index (χ0n) is 16.9. The van der Waals surface area contributed by atoms with Gasteiger partial charge in [0.05, 0.1) is 23.1 Å². The van der Waals surface area contributed by atoms with Crippen molar-refractivity contribution in [3.8, 4) is 17.1 Å². The highest BCUT2D eigenvalue weighted by molar-refractivity contribution is 7.98. The third kappa shape index (κ3) is 4.66. The van der Waals surface area contributed by atoms with E-state index in [1.165, 1.54) is 23.1 Å². The molecule has 4 aromatic rings. The fourth-order valence-corrected chi connectivity index (χ4v) is 4.96. The highest BCUT2D eigenvalue weighted by Gasteiger charge is 2.20. The van der Waals surface area contributed by atoms with Crippen LogP contribution in [0.5, 0.6) is 0 Å². The van der Waals surface area contributed by atoms with E-state index in [2.05, 4.69) is 15.2 Å². The minimum atomic E-state index is -0.404. The van der Waals surface area contributed by atoms with Gasteiger partial charge in [0.1, 0.15) is 5.01 Å². The largest absolute Gasteiger partial charge is 0.461 e. The summed E-state index contributed by atoms with van der Waals surface area (Å²) in [6, 6.07) is 15.7. The lowest BCUT2D eigenvalue weighted by Crippen LogP contribution is -2.05. The number of hydrogen-bond donors (Lipinski definition) is 0. The molecule has 0 spiro atoms. The molecule has 6 nitrogen and oxygen atoms in total. The number of para-hydroxylation sites is 1. The minimum absolute atomic E-state index is 0.324. The second-order valence-electron chi connectivity index (χ2n) is 6.54. The molecule has 0 amide bonds. The van der Waals surface area contributed by atoms with E-state index in [0.29, 0.717) is 28.9 Å². The summed E-state index contributed by atoms with van der Waals surface area (Å²) < 4.78 is 7.03. The van der Waals surface area contributed by atoms with Crippen LogP contribution in [-0.2, 0) is 10.5 Å². The van der Waals surface area contributed by atoms with Gasteiger partial charge in [0.25, 0.3) is 0 Å². The van der Waals surface area contributed by atoms with Crippen LogP contribution in [0.25, 0.3) is 17.1 Å². The van der Waals surface area contributed by atoms with Crippen LogP contribution in [0.1, 0.15) is 28.0 Å². The van der Waals surface area contributed by atoms with Crippen LogP contribution in [0.4, 0.5) is 0 Å². The van der Waals surface area contributed by atoms with Gasteiger partial charge in [-0.2, -0.15) is 0 Å². The summed E-state index contributed by atoms with van der Waals surface area (Å²) in [6.07, 6.45) is 0. The molecule has 2 aromatic carbocycles. The Bertz CT molecular complexity index is 1220. The number of carbonyl (C=O) groups is 1. The molecular weight excluding hydrogens is 452 g/mol. The summed E-state index contributed by atoms with van der Waals surface area (Å²) in [6.45, 7) is 4.15. The number of aryl methyl sites for hydroxylation is 1.